The summed E-state index contributed by atoms with van der Waals surface area (Å²) in [6.07, 6.45) is 11.2. The highest BCUT2D eigenvalue weighted by molar-refractivity contribution is 8.01. The Balaban J connectivity index is 1.50. The summed E-state index contributed by atoms with van der Waals surface area (Å²) >= 11 is 1.38. The highest BCUT2D eigenvalue weighted by Gasteiger charge is 2.46. The number of rotatable bonds is 13. The normalized spacial score (nSPS) is 28.1. The second-order valence-corrected chi connectivity index (χ2v) is 11.1. The molecule has 0 heterocycles. The van der Waals surface area contributed by atoms with E-state index in [1.165, 1.54) is 18.9 Å². The number of ether oxygens (including phenoxy) is 1. The largest absolute Gasteiger partial charge is 0.468 e. The van der Waals surface area contributed by atoms with Gasteiger partial charge in [0.15, 0.2) is 11.0 Å². The standard InChI is InChI=1S/C28H40O5S/c1-3-4-6-11-22(29)12-13-23-24-17-19(16-21(24)18-25(23)30)14-15-34-27(28(32)33-2)26(31)20-9-7-5-8-10-20/h5,7-10,12-13,19,21-25,27,29-30H,3-4,6,11,14-18H2,1-2H3/t19?,21-,22?,23-,24+,25-,27?/m0/s1. The van der Waals surface area contributed by atoms with Crippen LogP contribution in [0.15, 0.2) is 42.5 Å². The van der Waals surface area contributed by atoms with Crippen LogP contribution in [-0.4, -0.2) is 52.3 Å². The molecule has 188 valence electrons. The molecular weight excluding hydrogens is 448 g/mol. The smallest absolute Gasteiger partial charge is 0.326 e. The Bertz CT molecular complexity index is 810. The minimum absolute atomic E-state index is 0.117. The molecule has 0 radical (unpaired) electrons. The van der Waals surface area contributed by atoms with E-state index in [1.807, 2.05) is 12.1 Å². The fourth-order valence-corrected chi connectivity index (χ4v) is 6.92. The number of Topliss-reactive ketones (excluding diaryl/α,β-unsaturated/α-hetero) is 1. The Hall–Kier alpha value is -1.63. The van der Waals surface area contributed by atoms with Gasteiger partial charge in [-0.1, -0.05) is 68.7 Å². The van der Waals surface area contributed by atoms with Crippen LogP contribution in [0.1, 0.15) is 68.6 Å². The van der Waals surface area contributed by atoms with E-state index in [4.69, 9.17) is 4.74 Å². The predicted molar refractivity (Wildman–Crippen MR) is 137 cm³/mol. The third-order valence-electron chi connectivity index (χ3n) is 7.51. The molecule has 0 bridgehead atoms. The molecule has 0 aromatic heterocycles. The molecule has 0 aliphatic heterocycles. The number of unbranched alkanes of at least 4 members (excludes halogenated alkanes) is 2. The molecule has 2 N–H and O–H groups in total. The number of fused-ring (bicyclic) bond motifs is 1. The Morgan fingerprint density at radius 1 is 1.18 bits per heavy atom. The number of hydrogen-bond acceptors (Lipinski definition) is 6. The van der Waals surface area contributed by atoms with E-state index in [1.54, 1.807) is 24.3 Å². The lowest BCUT2D eigenvalue weighted by atomic mass is 9.89. The van der Waals surface area contributed by atoms with Crippen LogP contribution in [0.5, 0.6) is 0 Å². The third kappa shape index (κ3) is 7.19. The van der Waals surface area contributed by atoms with Gasteiger partial charge >= 0.3 is 5.97 Å². The van der Waals surface area contributed by atoms with Crippen molar-refractivity contribution in [1.82, 2.24) is 0 Å². The van der Waals surface area contributed by atoms with E-state index < -0.39 is 17.3 Å². The molecule has 1 aromatic rings. The van der Waals surface area contributed by atoms with Crippen molar-refractivity contribution in [3.8, 4) is 0 Å². The highest BCUT2D eigenvalue weighted by Crippen LogP contribution is 2.51. The number of ketones is 1. The molecule has 2 fully saturated rings. The molecule has 6 heteroatoms. The summed E-state index contributed by atoms with van der Waals surface area (Å²) in [6.45, 7) is 2.16. The highest BCUT2D eigenvalue weighted by atomic mass is 32.2. The van der Waals surface area contributed by atoms with Crippen molar-refractivity contribution in [1.29, 1.82) is 0 Å². The fourth-order valence-electron chi connectivity index (χ4n) is 5.70. The van der Waals surface area contributed by atoms with Gasteiger partial charge in [0.2, 0.25) is 0 Å². The topological polar surface area (TPSA) is 83.8 Å². The first-order valence-electron chi connectivity index (χ1n) is 12.8. The van der Waals surface area contributed by atoms with Crippen LogP contribution in [0.2, 0.25) is 0 Å². The van der Waals surface area contributed by atoms with Gasteiger partial charge in [-0.05, 0) is 55.6 Å². The molecule has 3 rings (SSSR count). The summed E-state index contributed by atoms with van der Waals surface area (Å²) in [5, 5.41) is 20.0. The number of aliphatic hydroxyl groups is 2. The maximum Gasteiger partial charge on any atom is 0.326 e. The first kappa shape index (κ1) is 27.0. The van der Waals surface area contributed by atoms with E-state index in [0.29, 0.717) is 23.3 Å². The van der Waals surface area contributed by atoms with Crippen molar-refractivity contribution in [2.45, 2.75) is 75.7 Å². The quantitative estimate of drug-likeness (QED) is 0.133. The van der Waals surface area contributed by atoms with Gasteiger partial charge in [0.1, 0.15) is 0 Å². The van der Waals surface area contributed by atoms with E-state index in [-0.39, 0.29) is 17.8 Å². The van der Waals surface area contributed by atoms with Crippen LogP contribution in [0.25, 0.3) is 0 Å². The molecular formula is C28H40O5S. The summed E-state index contributed by atoms with van der Waals surface area (Å²) in [5.41, 5.74) is 0.529. The number of benzene rings is 1. The van der Waals surface area contributed by atoms with Crippen LogP contribution in [0, 0.1) is 23.7 Å². The number of carbonyl (C=O) groups excluding carboxylic acids is 2. The van der Waals surface area contributed by atoms with Gasteiger partial charge in [0.05, 0.1) is 19.3 Å². The average molecular weight is 489 g/mol. The van der Waals surface area contributed by atoms with E-state index >= 15 is 0 Å². The van der Waals surface area contributed by atoms with Crippen LogP contribution in [0.3, 0.4) is 0 Å². The minimum atomic E-state index is -0.833. The molecule has 0 saturated heterocycles. The van der Waals surface area contributed by atoms with Gasteiger partial charge in [0.25, 0.3) is 0 Å². The molecule has 3 unspecified atom stereocenters. The number of methoxy groups -OCH3 is 1. The minimum Gasteiger partial charge on any atom is -0.468 e. The summed E-state index contributed by atoms with van der Waals surface area (Å²) in [7, 11) is 1.33. The fraction of sp³-hybridized carbons (Fsp3) is 0.643. The van der Waals surface area contributed by atoms with Crippen molar-refractivity contribution >= 4 is 23.5 Å². The first-order valence-corrected chi connectivity index (χ1v) is 13.8. The van der Waals surface area contributed by atoms with Gasteiger partial charge in [0, 0.05) is 11.5 Å². The summed E-state index contributed by atoms with van der Waals surface area (Å²) in [5.74, 6) is 1.64. The lowest BCUT2D eigenvalue weighted by Gasteiger charge is -2.20. The lowest BCUT2D eigenvalue weighted by Crippen LogP contribution is -2.29. The SMILES string of the molecule is CCCCCC(O)C=C[C@H]1[C@@H]2CC(CCSC(C(=O)OC)C(=O)c3ccccc3)C[C@H]2C[C@@H]1O. The van der Waals surface area contributed by atoms with Crippen molar-refractivity contribution in [2.24, 2.45) is 23.7 Å². The zero-order valence-electron chi connectivity index (χ0n) is 20.5. The van der Waals surface area contributed by atoms with Gasteiger partial charge in [-0.15, -0.1) is 11.8 Å². The number of thioether (sulfide) groups is 1. The van der Waals surface area contributed by atoms with Crippen LogP contribution in [-0.2, 0) is 9.53 Å². The number of hydrogen-bond donors (Lipinski definition) is 2. The van der Waals surface area contributed by atoms with Gasteiger partial charge < -0.3 is 14.9 Å². The third-order valence-corrected chi connectivity index (χ3v) is 8.72. The van der Waals surface area contributed by atoms with Crippen LogP contribution >= 0.6 is 11.8 Å². The summed E-state index contributed by atoms with van der Waals surface area (Å²) in [4.78, 5) is 25.1. The van der Waals surface area contributed by atoms with E-state index in [9.17, 15) is 19.8 Å². The summed E-state index contributed by atoms with van der Waals surface area (Å²) in [6, 6.07) is 8.91. The summed E-state index contributed by atoms with van der Waals surface area (Å²) < 4.78 is 4.90. The van der Waals surface area contributed by atoms with Gasteiger partial charge in [-0.3, -0.25) is 9.59 Å². The van der Waals surface area contributed by atoms with Gasteiger partial charge in [-0.25, -0.2) is 0 Å². The van der Waals surface area contributed by atoms with Gasteiger partial charge in [-0.2, -0.15) is 0 Å². The molecule has 0 amide bonds. The number of esters is 1. The predicted octanol–water partition coefficient (Wildman–Crippen LogP) is 5.05. The molecule has 1 aromatic carbocycles. The van der Waals surface area contributed by atoms with Crippen molar-refractivity contribution in [3.05, 3.63) is 48.0 Å². The number of aliphatic hydroxyl groups excluding tert-OH is 2. The maximum atomic E-state index is 12.8. The van der Waals surface area contributed by atoms with E-state index in [0.717, 1.165) is 57.1 Å². The van der Waals surface area contributed by atoms with Crippen molar-refractivity contribution < 1.29 is 24.5 Å². The molecule has 7 atom stereocenters. The second kappa shape index (κ2) is 13.5. The monoisotopic (exact) mass is 488 g/mol. The Kier molecular flexibility index (Phi) is 10.7. The average Bonchev–Trinajstić information content (AvgIpc) is 3.36. The van der Waals surface area contributed by atoms with Crippen LogP contribution < -0.4 is 0 Å². The molecule has 2 saturated carbocycles. The Labute approximate surface area is 208 Å². The van der Waals surface area contributed by atoms with Crippen LogP contribution in [0.4, 0.5) is 0 Å². The molecule has 2 aliphatic rings. The Morgan fingerprint density at radius 2 is 1.94 bits per heavy atom. The second-order valence-electron chi connectivity index (χ2n) is 9.88. The lowest BCUT2D eigenvalue weighted by molar-refractivity contribution is -0.138. The zero-order valence-corrected chi connectivity index (χ0v) is 21.3. The molecule has 34 heavy (non-hydrogen) atoms. The van der Waals surface area contributed by atoms with Crippen molar-refractivity contribution in [3.63, 3.8) is 0 Å². The molecule has 2 aliphatic carbocycles. The Morgan fingerprint density at radius 3 is 2.65 bits per heavy atom. The first-order chi connectivity index (χ1) is 16.4. The maximum absolute atomic E-state index is 12.8. The number of carbonyl (C=O) groups is 2. The molecule has 5 nitrogen and oxygen atoms in total. The molecule has 0 spiro atoms. The zero-order chi connectivity index (χ0) is 24.5. The van der Waals surface area contributed by atoms with Crippen molar-refractivity contribution in [2.75, 3.05) is 12.9 Å². The van der Waals surface area contributed by atoms with E-state index in [2.05, 4.69) is 13.0 Å².